The van der Waals surface area contributed by atoms with Crippen molar-refractivity contribution in [3.8, 4) is 0 Å². The highest BCUT2D eigenvalue weighted by Crippen LogP contribution is 2.28. The summed E-state index contributed by atoms with van der Waals surface area (Å²) in [7, 11) is 1.43. The number of H-pyrrole nitrogens is 1. The minimum absolute atomic E-state index is 0.00238. The highest BCUT2D eigenvalue weighted by atomic mass is 16.6. The first-order valence-electron chi connectivity index (χ1n) is 4.87. The number of aromatic nitrogens is 1. The Morgan fingerprint density at radius 3 is 2.44 bits per heavy atom. The molecule has 0 saturated heterocycles. The zero-order valence-electron chi connectivity index (χ0n) is 9.75. The predicted molar refractivity (Wildman–Crippen MR) is 59.5 cm³/mol. The van der Waals surface area contributed by atoms with E-state index >= 15 is 0 Å². The van der Waals surface area contributed by atoms with Crippen LogP contribution in [-0.4, -0.2) is 22.9 Å². The van der Waals surface area contributed by atoms with E-state index in [9.17, 15) is 14.9 Å². The van der Waals surface area contributed by atoms with Crippen LogP contribution in [0, 0.1) is 10.1 Å². The van der Waals surface area contributed by atoms with E-state index in [1.807, 2.05) is 20.8 Å². The average Bonchev–Trinajstić information content (AvgIpc) is 2.60. The molecule has 16 heavy (non-hydrogen) atoms. The van der Waals surface area contributed by atoms with Crippen molar-refractivity contribution < 1.29 is 9.72 Å². The summed E-state index contributed by atoms with van der Waals surface area (Å²) in [5.41, 5.74) is 0.205. The number of nitrogens with one attached hydrogen (secondary N) is 2. The smallest absolute Gasteiger partial charge is 0.300 e. The molecule has 0 fully saturated rings. The Balaban J connectivity index is 3.32. The number of rotatable bonds is 2. The van der Waals surface area contributed by atoms with E-state index in [1.54, 1.807) is 0 Å². The maximum Gasteiger partial charge on any atom is 0.300 e. The number of aromatic amines is 1. The molecule has 0 aliphatic heterocycles. The van der Waals surface area contributed by atoms with Crippen molar-refractivity contribution in [1.82, 2.24) is 10.3 Å². The molecular weight excluding hydrogens is 210 g/mol. The van der Waals surface area contributed by atoms with Gasteiger partial charge >= 0.3 is 0 Å². The molecule has 6 heteroatoms. The molecule has 0 saturated carbocycles. The van der Waals surface area contributed by atoms with Crippen LogP contribution in [0.1, 0.15) is 37.0 Å². The van der Waals surface area contributed by atoms with Gasteiger partial charge in [0.2, 0.25) is 0 Å². The molecule has 1 rings (SSSR count). The van der Waals surface area contributed by atoms with Crippen LogP contribution < -0.4 is 5.32 Å². The molecule has 1 amide bonds. The molecule has 0 aliphatic rings. The molecule has 0 atom stereocenters. The molecule has 1 aromatic heterocycles. The Morgan fingerprint density at radius 1 is 1.50 bits per heavy atom. The lowest BCUT2D eigenvalue weighted by atomic mass is 9.92. The zero-order chi connectivity index (χ0) is 12.5. The van der Waals surface area contributed by atoms with Crippen molar-refractivity contribution in [3.63, 3.8) is 0 Å². The van der Waals surface area contributed by atoms with Crippen LogP contribution >= 0.6 is 0 Å². The number of hydrogen-bond acceptors (Lipinski definition) is 3. The van der Waals surface area contributed by atoms with Gasteiger partial charge in [0.15, 0.2) is 5.69 Å². The fourth-order valence-electron chi connectivity index (χ4n) is 1.29. The molecule has 88 valence electrons. The molecule has 2 N–H and O–H groups in total. The molecule has 0 bridgehead atoms. The van der Waals surface area contributed by atoms with Crippen molar-refractivity contribution in [1.29, 1.82) is 0 Å². The Hall–Kier alpha value is -1.85. The topological polar surface area (TPSA) is 88.0 Å². The molecule has 6 nitrogen and oxygen atoms in total. The number of nitrogens with zero attached hydrogens (tertiary/aromatic N) is 1. The average molecular weight is 225 g/mol. The summed E-state index contributed by atoms with van der Waals surface area (Å²) in [4.78, 5) is 24.5. The van der Waals surface area contributed by atoms with Crippen LogP contribution in [0.4, 0.5) is 5.69 Å². The predicted octanol–water partition coefficient (Wildman–Crippen LogP) is 1.58. The Kier molecular flexibility index (Phi) is 3.02. The Labute approximate surface area is 93.2 Å². The molecule has 0 aromatic carbocycles. The minimum atomic E-state index is -0.559. The summed E-state index contributed by atoms with van der Waals surface area (Å²) < 4.78 is 0. The molecule has 0 radical (unpaired) electrons. The van der Waals surface area contributed by atoms with Gasteiger partial charge in [-0.15, -0.1) is 0 Å². The third kappa shape index (κ3) is 2.21. The highest BCUT2D eigenvalue weighted by molar-refractivity contribution is 5.96. The van der Waals surface area contributed by atoms with E-state index in [1.165, 1.54) is 13.1 Å². The van der Waals surface area contributed by atoms with E-state index in [2.05, 4.69) is 10.3 Å². The van der Waals surface area contributed by atoms with E-state index in [0.717, 1.165) is 0 Å². The van der Waals surface area contributed by atoms with E-state index < -0.39 is 10.8 Å². The summed E-state index contributed by atoms with van der Waals surface area (Å²) in [6.45, 7) is 5.74. The van der Waals surface area contributed by atoms with Crippen LogP contribution in [0.3, 0.4) is 0 Å². The van der Waals surface area contributed by atoms with Gasteiger partial charge in [-0.05, 0) is 0 Å². The second kappa shape index (κ2) is 3.96. The van der Waals surface area contributed by atoms with Gasteiger partial charge in [-0.2, -0.15) is 0 Å². The molecular formula is C10H15N3O3. The molecule has 0 unspecified atom stereocenters. The summed E-state index contributed by atoms with van der Waals surface area (Å²) in [6, 6.07) is 1.41. The maximum absolute atomic E-state index is 11.4. The number of carbonyl (C=O) groups is 1. The van der Waals surface area contributed by atoms with Gasteiger partial charge in [0.25, 0.3) is 11.6 Å². The van der Waals surface area contributed by atoms with Gasteiger partial charge in [-0.25, -0.2) is 0 Å². The van der Waals surface area contributed by atoms with Gasteiger partial charge in [0, 0.05) is 24.2 Å². The summed E-state index contributed by atoms with van der Waals surface area (Å²) in [5.74, 6) is -0.484. The molecule has 1 heterocycles. The first-order valence-corrected chi connectivity index (χ1v) is 4.87. The lowest BCUT2D eigenvalue weighted by Gasteiger charge is -2.15. The number of hydrogen-bond donors (Lipinski definition) is 2. The third-order valence-electron chi connectivity index (χ3n) is 2.26. The number of carbonyl (C=O) groups excluding carboxylic acids is 1. The SMILES string of the molecule is CNC(=O)c1[nH]c(C(C)(C)C)cc1[N+](=O)[O-]. The van der Waals surface area contributed by atoms with Gasteiger partial charge < -0.3 is 10.3 Å². The van der Waals surface area contributed by atoms with Crippen molar-refractivity contribution in [2.45, 2.75) is 26.2 Å². The molecule has 0 spiro atoms. The standard InChI is InChI=1S/C10H15N3O3/c1-10(2,3)7-5-6(13(15)16)8(12-7)9(14)11-4/h5,12H,1-4H3,(H,11,14). The monoisotopic (exact) mass is 225 g/mol. The van der Waals surface area contributed by atoms with E-state index in [-0.39, 0.29) is 16.8 Å². The van der Waals surface area contributed by atoms with Crippen LogP contribution in [0.15, 0.2) is 6.07 Å². The highest BCUT2D eigenvalue weighted by Gasteiger charge is 2.27. The van der Waals surface area contributed by atoms with Crippen molar-refractivity contribution >= 4 is 11.6 Å². The Bertz CT molecular complexity index is 429. The quantitative estimate of drug-likeness (QED) is 0.591. The van der Waals surface area contributed by atoms with E-state index in [4.69, 9.17) is 0 Å². The summed E-state index contributed by atoms with van der Waals surface area (Å²) in [6.07, 6.45) is 0. The fourth-order valence-corrected chi connectivity index (χ4v) is 1.29. The zero-order valence-corrected chi connectivity index (χ0v) is 9.75. The van der Waals surface area contributed by atoms with Gasteiger partial charge in [-0.1, -0.05) is 20.8 Å². The van der Waals surface area contributed by atoms with Gasteiger partial charge in [0.1, 0.15) is 0 Å². The second-order valence-corrected chi connectivity index (χ2v) is 4.53. The van der Waals surface area contributed by atoms with Crippen molar-refractivity contribution in [3.05, 3.63) is 27.6 Å². The first kappa shape index (κ1) is 12.2. The van der Waals surface area contributed by atoms with Gasteiger partial charge in [0.05, 0.1) is 4.92 Å². The second-order valence-electron chi connectivity index (χ2n) is 4.53. The number of amides is 1. The third-order valence-corrected chi connectivity index (χ3v) is 2.26. The van der Waals surface area contributed by atoms with E-state index in [0.29, 0.717) is 5.69 Å². The van der Waals surface area contributed by atoms with Gasteiger partial charge in [-0.3, -0.25) is 14.9 Å². The Morgan fingerprint density at radius 2 is 2.06 bits per heavy atom. The first-order chi connectivity index (χ1) is 7.27. The molecule has 1 aromatic rings. The van der Waals surface area contributed by atoms with Crippen molar-refractivity contribution in [2.75, 3.05) is 7.05 Å². The summed E-state index contributed by atoms with van der Waals surface area (Å²) in [5, 5.41) is 13.2. The number of nitro groups is 1. The van der Waals surface area contributed by atoms with Crippen LogP contribution in [0.25, 0.3) is 0 Å². The normalized spacial score (nSPS) is 11.2. The fraction of sp³-hybridized carbons (Fsp3) is 0.500. The van der Waals surface area contributed by atoms with Crippen LogP contribution in [-0.2, 0) is 5.41 Å². The maximum atomic E-state index is 11.4. The molecule has 0 aliphatic carbocycles. The van der Waals surface area contributed by atoms with Crippen molar-refractivity contribution in [2.24, 2.45) is 0 Å². The lowest BCUT2D eigenvalue weighted by Crippen LogP contribution is -2.20. The van der Waals surface area contributed by atoms with Crippen LogP contribution in [0.5, 0.6) is 0 Å². The summed E-state index contributed by atoms with van der Waals surface area (Å²) >= 11 is 0. The largest absolute Gasteiger partial charge is 0.354 e. The van der Waals surface area contributed by atoms with Crippen LogP contribution in [0.2, 0.25) is 0 Å². The lowest BCUT2D eigenvalue weighted by molar-refractivity contribution is -0.385. The minimum Gasteiger partial charge on any atom is -0.354 e.